The van der Waals surface area contributed by atoms with Crippen molar-refractivity contribution in [2.45, 2.75) is 57.3 Å². The Morgan fingerprint density at radius 2 is 2.00 bits per heavy atom. The lowest BCUT2D eigenvalue weighted by Crippen LogP contribution is -2.54. The third kappa shape index (κ3) is 3.60. The first-order valence-corrected chi connectivity index (χ1v) is 5.96. The quantitative estimate of drug-likeness (QED) is 0.722. The number of esters is 1. The van der Waals surface area contributed by atoms with Crippen LogP contribution in [-0.2, 0) is 14.3 Å². The van der Waals surface area contributed by atoms with E-state index in [-0.39, 0.29) is 6.42 Å². The van der Waals surface area contributed by atoms with E-state index in [0.29, 0.717) is 12.8 Å². The van der Waals surface area contributed by atoms with Gasteiger partial charge in [0.1, 0.15) is 11.1 Å². The van der Waals surface area contributed by atoms with Gasteiger partial charge in [-0.25, -0.2) is 9.59 Å². The molecule has 1 rings (SSSR count). The molecule has 0 aromatic carbocycles. The predicted molar refractivity (Wildman–Crippen MR) is 64.0 cm³/mol. The average molecular weight is 259 g/mol. The highest BCUT2D eigenvalue weighted by atomic mass is 16.6. The molecule has 2 atom stereocenters. The Kier molecular flexibility index (Phi) is 4.21. The largest absolute Gasteiger partial charge is 0.467 e. The zero-order valence-corrected chi connectivity index (χ0v) is 11.3. The minimum absolute atomic E-state index is 0.152. The fraction of sp³-hybridized carbons (Fsp3) is 0.833. The first-order valence-electron chi connectivity index (χ1n) is 5.96. The van der Waals surface area contributed by atoms with Crippen molar-refractivity contribution in [1.29, 1.82) is 0 Å². The van der Waals surface area contributed by atoms with Gasteiger partial charge in [0.05, 0.1) is 13.2 Å². The summed E-state index contributed by atoms with van der Waals surface area (Å²) < 4.78 is 9.81. The van der Waals surface area contributed by atoms with E-state index in [4.69, 9.17) is 9.47 Å². The molecule has 1 aliphatic carbocycles. The van der Waals surface area contributed by atoms with Gasteiger partial charge in [0.2, 0.25) is 0 Å². The fourth-order valence-electron chi connectivity index (χ4n) is 2.06. The van der Waals surface area contributed by atoms with Crippen molar-refractivity contribution in [3.63, 3.8) is 0 Å². The van der Waals surface area contributed by atoms with Crippen molar-refractivity contribution in [2.75, 3.05) is 7.11 Å². The monoisotopic (exact) mass is 259 g/mol. The molecule has 6 heteroatoms. The summed E-state index contributed by atoms with van der Waals surface area (Å²) in [5.41, 5.74) is -1.81. The van der Waals surface area contributed by atoms with Gasteiger partial charge in [-0.1, -0.05) is 0 Å². The molecule has 1 aliphatic rings. The number of methoxy groups -OCH3 is 1. The van der Waals surface area contributed by atoms with Gasteiger partial charge in [-0.2, -0.15) is 0 Å². The molecule has 0 aromatic heterocycles. The Morgan fingerprint density at radius 1 is 1.39 bits per heavy atom. The molecule has 2 unspecified atom stereocenters. The minimum Gasteiger partial charge on any atom is -0.467 e. The first-order chi connectivity index (χ1) is 8.18. The number of hydrogen-bond acceptors (Lipinski definition) is 5. The maximum Gasteiger partial charge on any atom is 0.408 e. The number of ether oxygens (including phenoxy) is 2. The average Bonchev–Trinajstić information content (AvgIpc) is 2.57. The van der Waals surface area contributed by atoms with Crippen LogP contribution in [0.1, 0.15) is 40.0 Å². The van der Waals surface area contributed by atoms with E-state index in [9.17, 15) is 14.7 Å². The van der Waals surface area contributed by atoms with Gasteiger partial charge in [-0.3, -0.25) is 0 Å². The Balaban J connectivity index is 2.75. The molecule has 0 radical (unpaired) electrons. The number of carbonyl (C=O) groups excluding carboxylic acids is 2. The van der Waals surface area contributed by atoms with E-state index < -0.39 is 29.3 Å². The van der Waals surface area contributed by atoms with Crippen LogP contribution < -0.4 is 5.32 Å². The number of amides is 1. The summed E-state index contributed by atoms with van der Waals surface area (Å²) in [6.45, 7) is 5.21. The second-order valence-electron chi connectivity index (χ2n) is 5.60. The molecular weight excluding hydrogens is 238 g/mol. The van der Waals surface area contributed by atoms with E-state index in [2.05, 4.69) is 5.32 Å². The molecule has 0 spiro atoms. The molecule has 0 aliphatic heterocycles. The van der Waals surface area contributed by atoms with Crippen LogP contribution in [0.5, 0.6) is 0 Å². The molecule has 18 heavy (non-hydrogen) atoms. The number of rotatable bonds is 2. The van der Waals surface area contributed by atoms with Crippen molar-refractivity contribution in [3.05, 3.63) is 0 Å². The topological polar surface area (TPSA) is 84.9 Å². The number of nitrogens with one attached hydrogen (secondary N) is 1. The zero-order chi connectivity index (χ0) is 14.0. The number of aliphatic hydroxyl groups excluding tert-OH is 1. The molecule has 0 heterocycles. The molecule has 2 N–H and O–H groups in total. The second-order valence-corrected chi connectivity index (χ2v) is 5.60. The molecule has 0 bridgehead atoms. The van der Waals surface area contributed by atoms with Gasteiger partial charge >= 0.3 is 12.1 Å². The fourth-order valence-corrected chi connectivity index (χ4v) is 2.06. The Bertz CT molecular complexity index is 336. The van der Waals surface area contributed by atoms with Crippen LogP contribution in [0.3, 0.4) is 0 Å². The van der Waals surface area contributed by atoms with Crippen LogP contribution in [0.15, 0.2) is 0 Å². The molecule has 104 valence electrons. The van der Waals surface area contributed by atoms with Crippen LogP contribution >= 0.6 is 0 Å². The maximum absolute atomic E-state index is 11.8. The van der Waals surface area contributed by atoms with Crippen LogP contribution in [0.4, 0.5) is 4.79 Å². The Labute approximate surface area is 107 Å². The Morgan fingerprint density at radius 3 is 2.39 bits per heavy atom. The van der Waals surface area contributed by atoms with Gasteiger partial charge in [-0.15, -0.1) is 0 Å². The molecule has 0 saturated heterocycles. The molecular formula is C12H21NO5. The third-order valence-corrected chi connectivity index (χ3v) is 2.80. The normalized spacial score (nSPS) is 27.7. The van der Waals surface area contributed by atoms with Gasteiger partial charge in [0.15, 0.2) is 0 Å². The first kappa shape index (κ1) is 14.8. The summed E-state index contributed by atoms with van der Waals surface area (Å²) in [5, 5.41) is 12.1. The SMILES string of the molecule is COC(=O)C1(NC(=O)OC(C)(C)C)CCC(O)C1. The number of carbonyl (C=O) groups is 2. The highest BCUT2D eigenvalue weighted by Gasteiger charge is 2.47. The van der Waals surface area contributed by atoms with Crippen LogP contribution in [0.2, 0.25) is 0 Å². The van der Waals surface area contributed by atoms with E-state index in [1.807, 2.05) is 0 Å². The lowest BCUT2D eigenvalue weighted by Gasteiger charge is -2.29. The van der Waals surface area contributed by atoms with E-state index in [1.165, 1.54) is 7.11 Å². The molecule has 1 amide bonds. The summed E-state index contributed by atoms with van der Waals surface area (Å²) in [5.74, 6) is -0.551. The van der Waals surface area contributed by atoms with Gasteiger partial charge in [0, 0.05) is 6.42 Å². The van der Waals surface area contributed by atoms with Crippen molar-refractivity contribution < 1.29 is 24.2 Å². The zero-order valence-electron chi connectivity index (χ0n) is 11.3. The minimum atomic E-state index is -1.17. The van der Waals surface area contributed by atoms with Crippen molar-refractivity contribution in [2.24, 2.45) is 0 Å². The van der Waals surface area contributed by atoms with E-state index >= 15 is 0 Å². The van der Waals surface area contributed by atoms with Crippen molar-refractivity contribution in [1.82, 2.24) is 5.32 Å². The number of alkyl carbamates (subject to hydrolysis) is 1. The summed E-state index contributed by atoms with van der Waals surface area (Å²) in [6, 6.07) is 0. The lowest BCUT2D eigenvalue weighted by molar-refractivity contribution is -0.148. The summed E-state index contributed by atoms with van der Waals surface area (Å²) in [7, 11) is 1.26. The predicted octanol–water partition coefficient (Wildman–Crippen LogP) is 0.968. The van der Waals surface area contributed by atoms with E-state index in [0.717, 1.165) is 0 Å². The summed E-state index contributed by atoms with van der Waals surface area (Å²) >= 11 is 0. The second kappa shape index (κ2) is 5.14. The third-order valence-electron chi connectivity index (χ3n) is 2.80. The molecule has 1 fully saturated rings. The highest BCUT2D eigenvalue weighted by Crippen LogP contribution is 2.31. The molecule has 0 aromatic rings. The summed E-state index contributed by atoms with van der Waals surface area (Å²) in [4.78, 5) is 23.5. The number of aliphatic hydroxyl groups is 1. The highest BCUT2D eigenvalue weighted by molar-refractivity contribution is 5.86. The van der Waals surface area contributed by atoms with Gasteiger partial charge < -0.3 is 19.9 Å². The van der Waals surface area contributed by atoms with Crippen molar-refractivity contribution in [3.8, 4) is 0 Å². The van der Waals surface area contributed by atoms with Crippen molar-refractivity contribution >= 4 is 12.1 Å². The lowest BCUT2D eigenvalue weighted by atomic mass is 9.98. The van der Waals surface area contributed by atoms with Crippen LogP contribution in [0.25, 0.3) is 0 Å². The maximum atomic E-state index is 11.8. The van der Waals surface area contributed by atoms with Gasteiger partial charge in [0.25, 0.3) is 0 Å². The standard InChI is InChI=1S/C12H21NO5/c1-11(2,3)18-10(16)13-12(9(15)17-4)6-5-8(14)7-12/h8,14H,5-7H2,1-4H3,(H,13,16). The molecule has 1 saturated carbocycles. The van der Waals surface area contributed by atoms with Crippen LogP contribution in [0, 0.1) is 0 Å². The van der Waals surface area contributed by atoms with Crippen LogP contribution in [-0.4, -0.2) is 41.5 Å². The van der Waals surface area contributed by atoms with E-state index in [1.54, 1.807) is 20.8 Å². The Hall–Kier alpha value is -1.30. The molecule has 6 nitrogen and oxygen atoms in total. The smallest absolute Gasteiger partial charge is 0.408 e. The number of hydrogen-bond donors (Lipinski definition) is 2. The summed E-state index contributed by atoms with van der Waals surface area (Å²) in [6.07, 6.45) is -0.342. The van der Waals surface area contributed by atoms with Gasteiger partial charge in [-0.05, 0) is 33.6 Å².